The molecule has 1 heterocycles. The Labute approximate surface area is 167 Å². The number of rotatable bonds is 4. The highest BCUT2D eigenvalue weighted by Gasteiger charge is 2.18. The summed E-state index contributed by atoms with van der Waals surface area (Å²) in [5.41, 5.74) is 2.51. The molecule has 0 bridgehead atoms. The van der Waals surface area contributed by atoms with Gasteiger partial charge in [0.1, 0.15) is 0 Å². The molecule has 0 radical (unpaired) electrons. The Bertz CT molecular complexity index is 991. The Balaban J connectivity index is 2.15. The molecule has 0 spiro atoms. The summed E-state index contributed by atoms with van der Waals surface area (Å²) in [6.07, 6.45) is 0. The molecule has 0 saturated heterocycles. The number of hydrogen-bond donors (Lipinski definition) is 1. The Morgan fingerprint density at radius 2 is 1.85 bits per heavy atom. The number of pyridine rings is 1. The van der Waals surface area contributed by atoms with Crippen molar-refractivity contribution in [2.75, 3.05) is 13.7 Å². The molecule has 0 fully saturated rings. The topological polar surface area (TPSA) is 68.3 Å². The van der Waals surface area contributed by atoms with Crippen LogP contribution in [0.5, 0.6) is 0 Å². The molecular formula is C19H14Br2N2O3. The molecule has 1 N–H and O–H groups in total. The van der Waals surface area contributed by atoms with Gasteiger partial charge in [0.2, 0.25) is 0 Å². The summed E-state index contributed by atoms with van der Waals surface area (Å²) in [4.78, 5) is 28.7. The summed E-state index contributed by atoms with van der Waals surface area (Å²) in [7, 11) is 1.49. The second-order valence-electron chi connectivity index (χ2n) is 5.45. The highest BCUT2D eigenvalue weighted by atomic mass is 79.9. The Kier molecular flexibility index (Phi) is 5.68. The predicted molar refractivity (Wildman–Crippen MR) is 107 cm³/mol. The molecule has 132 valence electrons. The van der Waals surface area contributed by atoms with Crippen molar-refractivity contribution in [2.45, 2.75) is 0 Å². The maximum atomic E-state index is 12.6. The standard InChI is InChI=1S/C19H14Br2N2O3/c1-22-17(24)10-26-19(25)14-9-16(11-5-3-2-4-6-11)23-18-13(14)7-12(20)8-15(18)21/h2-9H,10H2,1H3,(H,22,24). The number of carbonyl (C=O) groups is 2. The van der Waals surface area contributed by atoms with Gasteiger partial charge in [0.15, 0.2) is 6.61 Å². The van der Waals surface area contributed by atoms with Crippen LogP contribution in [0.4, 0.5) is 0 Å². The van der Waals surface area contributed by atoms with Crippen molar-refractivity contribution >= 4 is 54.6 Å². The van der Waals surface area contributed by atoms with E-state index in [0.717, 1.165) is 14.5 Å². The number of benzene rings is 2. The number of carbonyl (C=O) groups excluding carboxylic acids is 2. The third-order valence-electron chi connectivity index (χ3n) is 3.73. The fraction of sp³-hybridized carbons (Fsp3) is 0.105. The summed E-state index contributed by atoms with van der Waals surface area (Å²) >= 11 is 6.93. The number of nitrogens with zero attached hydrogens (tertiary/aromatic N) is 1. The average Bonchev–Trinajstić information content (AvgIpc) is 2.65. The number of amides is 1. The normalized spacial score (nSPS) is 10.6. The second kappa shape index (κ2) is 7.97. The van der Waals surface area contributed by atoms with E-state index in [0.29, 0.717) is 22.2 Å². The van der Waals surface area contributed by atoms with Crippen molar-refractivity contribution in [3.8, 4) is 11.3 Å². The van der Waals surface area contributed by atoms with Gasteiger partial charge >= 0.3 is 5.97 Å². The van der Waals surface area contributed by atoms with Crippen LogP contribution in [0.15, 0.2) is 57.5 Å². The molecule has 3 rings (SSSR count). The lowest BCUT2D eigenvalue weighted by Gasteiger charge is -2.11. The van der Waals surface area contributed by atoms with E-state index in [9.17, 15) is 9.59 Å². The van der Waals surface area contributed by atoms with E-state index in [-0.39, 0.29) is 12.5 Å². The van der Waals surface area contributed by atoms with Gasteiger partial charge in [-0.2, -0.15) is 0 Å². The van der Waals surface area contributed by atoms with Crippen LogP contribution in [0, 0.1) is 0 Å². The van der Waals surface area contributed by atoms with E-state index < -0.39 is 5.97 Å². The predicted octanol–water partition coefficient (Wildman–Crippen LogP) is 4.33. The van der Waals surface area contributed by atoms with Gasteiger partial charge in [-0.05, 0) is 34.1 Å². The number of hydrogen-bond acceptors (Lipinski definition) is 4. The number of likely N-dealkylation sites (N-methyl/N-ethyl adjacent to an activating group) is 1. The van der Waals surface area contributed by atoms with E-state index in [1.807, 2.05) is 36.4 Å². The van der Waals surface area contributed by atoms with Crippen LogP contribution >= 0.6 is 31.9 Å². The summed E-state index contributed by atoms with van der Waals surface area (Å²) in [6, 6.07) is 14.9. The van der Waals surface area contributed by atoms with Crippen molar-refractivity contribution in [1.82, 2.24) is 10.3 Å². The molecule has 0 atom stereocenters. The minimum atomic E-state index is -0.580. The van der Waals surface area contributed by atoms with E-state index in [1.165, 1.54) is 7.05 Å². The van der Waals surface area contributed by atoms with Crippen molar-refractivity contribution in [1.29, 1.82) is 0 Å². The molecule has 5 nitrogen and oxygen atoms in total. The molecular weight excluding hydrogens is 464 g/mol. The van der Waals surface area contributed by atoms with Gasteiger partial charge in [0.05, 0.1) is 16.8 Å². The van der Waals surface area contributed by atoms with Crippen LogP contribution in [-0.2, 0) is 9.53 Å². The second-order valence-corrected chi connectivity index (χ2v) is 7.22. The molecule has 1 aromatic heterocycles. The van der Waals surface area contributed by atoms with Crippen LogP contribution in [0.3, 0.4) is 0 Å². The molecule has 2 aromatic carbocycles. The smallest absolute Gasteiger partial charge is 0.339 e. The number of nitrogens with one attached hydrogen (secondary N) is 1. The number of ether oxygens (including phenoxy) is 1. The lowest BCUT2D eigenvalue weighted by molar-refractivity contribution is -0.123. The van der Waals surface area contributed by atoms with Gasteiger partial charge in [-0.1, -0.05) is 46.3 Å². The van der Waals surface area contributed by atoms with Crippen LogP contribution in [0.25, 0.3) is 22.2 Å². The molecule has 0 aliphatic rings. The van der Waals surface area contributed by atoms with Crippen LogP contribution in [0.2, 0.25) is 0 Å². The van der Waals surface area contributed by atoms with Gasteiger partial charge in [0, 0.05) is 26.9 Å². The molecule has 0 unspecified atom stereocenters. The highest BCUT2D eigenvalue weighted by Crippen LogP contribution is 2.32. The van der Waals surface area contributed by atoms with Crippen molar-refractivity contribution < 1.29 is 14.3 Å². The van der Waals surface area contributed by atoms with E-state index in [2.05, 4.69) is 42.2 Å². The molecule has 26 heavy (non-hydrogen) atoms. The van der Waals surface area contributed by atoms with E-state index >= 15 is 0 Å². The zero-order valence-electron chi connectivity index (χ0n) is 13.8. The lowest BCUT2D eigenvalue weighted by atomic mass is 10.0. The third-order valence-corrected chi connectivity index (χ3v) is 4.80. The fourth-order valence-corrected chi connectivity index (χ4v) is 3.77. The summed E-state index contributed by atoms with van der Waals surface area (Å²) in [5.74, 6) is -0.953. The summed E-state index contributed by atoms with van der Waals surface area (Å²) in [6.45, 7) is -0.338. The van der Waals surface area contributed by atoms with Gasteiger partial charge in [-0.15, -0.1) is 0 Å². The minimum Gasteiger partial charge on any atom is -0.452 e. The quantitative estimate of drug-likeness (QED) is 0.568. The number of fused-ring (bicyclic) bond motifs is 1. The third kappa shape index (κ3) is 3.94. The first-order valence-corrected chi connectivity index (χ1v) is 9.31. The lowest BCUT2D eigenvalue weighted by Crippen LogP contribution is -2.25. The van der Waals surface area contributed by atoms with Crippen LogP contribution in [0.1, 0.15) is 10.4 Å². The maximum absolute atomic E-state index is 12.6. The first-order valence-electron chi connectivity index (χ1n) is 7.72. The van der Waals surface area contributed by atoms with Crippen molar-refractivity contribution in [3.63, 3.8) is 0 Å². The average molecular weight is 478 g/mol. The molecule has 7 heteroatoms. The number of aromatic nitrogens is 1. The van der Waals surface area contributed by atoms with Gasteiger partial charge in [-0.3, -0.25) is 4.79 Å². The molecule has 1 amide bonds. The van der Waals surface area contributed by atoms with Crippen LogP contribution in [-0.4, -0.2) is 30.5 Å². The highest BCUT2D eigenvalue weighted by molar-refractivity contribution is 9.11. The molecule has 3 aromatic rings. The zero-order chi connectivity index (χ0) is 18.7. The largest absolute Gasteiger partial charge is 0.452 e. The summed E-state index contributed by atoms with van der Waals surface area (Å²) in [5, 5.41) is 3.05. The Morgan fingerprint density at radius 1 is 1.12 bits per heavy atom. The zero-order valence-corrected chi connectivity index (χ0v) is 16.9. The Morgan fingerprint density at radius 3 is 2.54 bits per heavy atom. The van der Waals surface area contributed by atoms with Crippen molar-refractivity contribution in [3.05, 3.63) is 63.0 Å². The number of halogens is 2. The fourth-order valence-electron chi connectivity index (χ4n) is 2.46. The first kappa shape index (κ1) is 18.5. The molecule has 0 aliphatic carbocycles. The minimum absolute atomic E-state index is 0.338. The van der Waals surface area contributed by atoms with Gasteiger partial charge < -0.3 is 10.1 Å². The summed E-state index contributed by atoms with van der Waals surface area (Å²) < 4.78 is 6.70. The van der Waals surface area contributed by atoms with Gasteiger partial charge in [0.25, 0.3) is 5.91 Å². The molecule has 0 aliphatic heterocycles. The van der Waals surface area contributed by atoms with Crippen molar-refractivity contribution in [2.24, 2.45) is 0 Å². The van der Waals surface area contributed by atoms with Crippen LogP contribution < -0.4 is 5.32 Å². The van der Waals surface area contributed by atoms with Gasteiger partial charge in [-0.25, -0.2) is 9.78 Å². The SMILES string of the molecule is CNC(=O)COC(=O)c1cc(-c2ccccc2)nc2c(Br)cc(Br)cc12. The monoisotopic (exact) mass is 476 g/mol. The maximum Gasteiger partial charge on any atom is 0.339 e. The number of esters is 1. The first-order chi connectivity index (χ1) is 12.5. The Hall–Kier alpha value is -2.25. The van der Waals surface area contributed by atoms with E-state index in [1.54, 1.807) is 12.1 Å². The van der Waals surface area contributed by atoms with E-state index in [4.69, 9.17) is 4.74 Å². The molecule has 0 saturated carbocycles.